The van der Waals surface area contributed by atoms with Crippen LogP contribution in [0.15, 0.2) is 71.3 Å². The molecule has 1 aliphatic rings. The fourth-order valence-electron chi connectivity index (χ4n) is 4.70. The van der Waals surface area contributed by atoms with Crippen LogP contribution in [0.2, 0.25) is 5.02 Å². The summed E-state index contributed by atoms with van der Waals surface area (Å²) < 4.78 is 19.9. The monoisotopic (exact) mass is 520 g/mol. The number of nitrogens with zero attached hydrogens (tertiary/aromatic N) is 1. The highest BCUT2D eigenvalue weighted by Gasteiger charge is 2.34. The van der Waals surface area contributed by atoms with Gasteiger partial charge in [-0.25, -0.2) is 9.18 Å². The summed E-state index contributed by atoms with van der Waals surface area (Å²) in [5.41, 5.74) is 10.1. The number of hydrogen-bond donors (Lipinski definition) is 3. The van der Waals surface area contributed by atoms with E-state index >= 15 is 0 Å². The number of fused-ring (bicyclic) bond motifs is 1. The molecule has 0 aliphatic carbocycles. The summed E-state index contributed by atoms with van der Waals surface area (Å²) >= 11 is 5.83. The van der Waals surface area contributed by atoms with E-state index in [4.69, 9.17) is 21.8 Å². The van der Waals surface area contributed by atoms with Gasteiger partial charge in [-0.3, -0.25) is 4.79 Å². The lowest BCUT2D eigenvalue weighted by atomic mass is 10.0. The predicted molar refractivity (Wildman–Crippen MR) is 142 cm³/mol. The van der Waals surface area contributed by atoms with Crippen molar-refractivity contribution in [2.45, 2.75) is 32.0 Å². The second-order valence-corrected chi connectivity index (χ2v) is 9.39. The van der Waals surface area contributed by atoms with Crippen LogP contribution in [0.1, 0.15) is 24.0 Å². The smallest absolute Gasteiger partial charge is 0.322 e. The number of carbonyl (C=O) groups excluding carboxylic acids is 2. The lowest BCUT2D eigenvalue weighted by Crippen LogP contribution is -2.47. The molecule has 2 heterocycles. The number of urea groups is 1. The topological polar surface area (TPSA) is 101 Å². The van der Waals surface area contributed by atoms with E-state index in [9.17, 15) is 14.0 Å². The Balaban J connectivity index is 1.33. The molecular formula is C28H26ClFN4O3. The minimum Gasteiger partial charge on any atom is -0.464 e. The van der Waals surface area contributed by atoms with Crippen LogP contribution in [0.3, 0.4) is 0 Å². The number of amides is 3. The first kappa shape index (κ1) is 24.8. The highest BCUT2D eigenvalue weighted by Crippen LogP contribution is 2.34. The lowest BCUT2D eigenvalue weighted by Gasteiger charge is -2.24. The standard InChI is InChI=1S/C28H26ClFN4O3/c29-23-7-2-6-20(25(23)30)16-32-27(35)24-8-3-10-34(24)28(36)33-21-13-19-9-11-37-26(19)22(14-21)18-5-1-4-17(12-18)15-31/h1-2,4-7,9,11-14,24H,3,8,10,15-16,31H2,(H,32,35)(H,33,36)/t24-/m0/s1. The summed E-state index contributed by atoms with van der Waals surface area (Å²) in [4.78, 5) is 27.7. The third kappa shape index (κ3) is 5.16. The molecule has 0 spiro atoms. The van der Waals surface area contributed by atoms with Crippen molar-refractivity contribution < 1.29 is 18.4 Å². The van der Waals surface area contributed by atoms with Crippen molar-refractivity contribution in [3.05, 3.63) is 88.9 Å². The molecule has 1 fully saturated rings. The van der Waals surface area contributed by atoms with Crippen LogP contribution >= 0.6 is 11.6 Å². The van der Waals surface area contributed by atoms with Crippen molar-refractivity contribution >= 4 is 40.2 Å². The van der Waals surface area contributed by atoms with Crippen molar-refractivity contribution in [1.82, 2.24) is 10.2 Å². The summed E-state index contributed by atoms with van der Waals surface area (Å²) in [6, 6.07) is 17.0. The molecule has 3 aromatic carbocycles. The fraction of sp³-hybridized carbons (Fsp3) is 0.214. The van der Waals surface area contributed by atoms with E-state index in [1.165, 1.54) is 11.0 Å². The summed E-state index contributed by atoms with van der Waals surface area (Å²) in [6.07, 6.45) is 2.82. The molecule has 5 rings (SSSR count). The van der Waals surface area contributed by atoms with Gasteiger partial charge in [0.25, 0.3) is 0 Å². The average molecular weight is 521 g/mol. The maximum atomic E-state index is 14.2. The molecule has 0 bridgehead atoms. The molecule has 1 aromatic heterocycles. The van der Waals surface area contributed by atoms with Gasteiger partial charge in [-0.15, -0.1) is 0 Å². The fourth-order valence-corrected chi connectivity index (χ4v) is 4.89. The van der Waals surface area contributed by atoms with Crippen molar-refractivity contribution in [3.8, 4) is 11.1 Å². The average Bonchev–Trinajstić information content (AvgIpc) is 3.59. The summed E-state index contributed by atoms with van der Waals surface area (Å²) in [5.74, 6) is -0.899. The minimum absolute atomic E-state index is 0.00247. The lowest BCUT2D eigenvalue weighted by molar-refractivity contribution is -0.124. The third-order valence-electron chi connectivity index (χ3n) is 6.58. The number of carbonyl (C=O) groups is 2. The van der Waals surface area contributed by atoms with Crippen LogP contribution in [0.25, 0.3) is 22.1 Å². The van der Waals surface area contributed by atoms with Crippen molar-refractivity contribution in [2.75, 3.05) is 11.9 Å². The van der Waals surface area contributed by atoms with Gasteiger partial charge in [-0.2, -0.15) is 0 Å². The van der Waals surface area contributed by atoms with Gasteiger partial charge in [0.15, 0.2) is 0 Å². The Hall–Kier alpha value is -3.88. The molecule has 0 saturated carbocycles. The molecule has 1 saturated heterocycles. The number of halogens is 2. The van der Waals surface area contributed by atoms with Crippen LogP contribution in [-0.2, 0) is 17.9 Å². The molecule has 37 heavy (non-hydrogen) atoms. The first-order valence-electron chi connectivity index (χ1n) is 12.0. The quantitative estimate of drug-likeness (QED) is 0.305. The molecule has 3 amide bonds. The van der Waals surface area contributed by atoms with E-state index in [0.29, 0.717) is 37.2 Å². The van der Waals surface area contributed by atoms with E-state index in [0.717, 1.165) is 22.1 Å². The van der Waals surface area contributed by atoms with Gasteiger partial charge in [0.2, 0.25) is 5.91 Å². The molecule has 4 N–H and O–H groups in total. The van der Waals surface area contributed by atoms with E-state index in [1.807, 2.05) is 42.5 Å². The Labute approximate surface area is 218 Å². The number of likely N-dealkylation sites (tertiary alicyclic amines) is 1. The molecule has 1 atom stereocenters. The molecule has 0 unspecified atom stereocenters. The summed E-state index contributed by atoms with van der Waals surface area (Å²) in [5, 5.41) is 6.52. The minimum atomic E-state index is -0.652. The second-order valence-electron chi connectivity index (χ2n) is 8.98. The van der Waals surface area contributed by atoms with Gasteiger partial charge in [-0.05, 0) is 54.3 Å². The zero-order chi connectivity index (χ0) is 25.9. The number of furan rings is 1. The van der Waals surface area contributed by atoms with Crippen molar-refractivity contribution in [3.63, 3.8) is 0 Å². The zero-order valence-electron chi connectivity index (χ0n) is 20.0. The number of nitrogens with two attached hydrogens (primary N) is 1. The maximum absolute atomic E-state index is 14.2. The molecule has 190 valence electrons. The number of nitrogens with one attached hydrogen (secondary N) is 2. The Morgan fingerprint density at radius 2 is 1.97 bits per heavy atom. The summed E-state index contributed by atoms with van der Waals surface area (Å²) in [7, 11) is 0. The Morgan fingerprint density at radius 3 is 2.81 bits per heavy atom. The molecule has 1 aliphatic heterocycles. The SMILES string of the molecule is NCc1cccc(-c2cc(NC(=O)N3CCC[C@H]3C(=O)NCc3cccc(Cl)c3F)cc3ccoc23)c1. The molecular weight excluding hydrogens is 495 g/mol. The number of rotatable bonds is 6. The van der Waals surface area contributed by atoms with Gasteiger partial charge >= 0.3 is 6.03 Å². The van der Waals surface area contributed by atoms with Crippen LogP contribution in [0, 0.1) is 5.82 Å². The van der Waals surface area contributed by atoms with Crippen LogP contribution in [0.4, 0.5) is 14.9 Å². The van der Waals surface area contributed by atoms with Crippen LogP contribution < -0.4 is 16.4 Å². The van der Waals surface area contributed by atoms with Crippen LogP contribution in [0.5, 0.6) is 0 Å². The summed E-state index contributed by atoms with van der Waals surface area (Å²) in [6.45, 7) is 0.836. The molecule has 9 heteroatoms. The molecule has 4 aromatic rings. The predicted octanol–water partition coefficient (Wildman–Crippen LogP) is 5.66. The molecule has 7 nitrogen and oxygen atoms in total. The zero-order valence-corrected chi connectivity index (χ0v) is 20.7. The highest BCUT2D eigenvalue weighted by atomic mass is 35.5. The first-order chi connectivity index (χ1) is 17.9. The maximum Gasteiger partial charge on any atom is 0.322 e. The largest absolute Gasteiger partial charge is 0.464 e. The third-order valence-corrected chi connectivity index (χ3v) is 6.87. The van der Waals surface area contributed by atoms with Gasteiger partial charge in [0, 0.05) is 41.8 Å². The second kappa shape index (κ2) is 10.6. The molecule has 0 radical (unpaired) electrons. The first-order valence-corrected chi connectivity index (χ1v) is 12.4. The van der Waals surface area contributed by atoms with E-state index < -0.39 is 11.9 Å². The van der Waals surface area contributed by atoms with Crippen LogP contribution in [-0.4, -0.2) is 29.4 Å². The van der Waals surface area contributed by atoms with Crippen molar-refractivity contribution in [1.29, 1.82) is 0 Å². The Morgan fingerprint density at radius 1 is 1.14 bits per heavy atom. The van der Waals surface area contributed by atoms with E-state index in [-0.39, 0.29) is 29.1 Å². The number of anilines is 1. The van der Waals surface area contributed by atoms with Gasteiger partial charge < -0.3 is 25.7 Å². The van der Waals surface area contributed by atoms with E-state index in [2.05, 4.69) is 10.6 Å². The van der Waals surface area contributed by atoms with Crippen molar-refractivity contribution in [2.24, 2.45) is 5.73 Å². The van der Waals surface area contributed by atoms with Gasteiger partial charge in [0.05, 0.1) is 11.3 Å². The van der Waals surface area contributed by atoms with E-state index in [1.54, 1.807) is 18.4 Å². The normalized spacial score (nSPS) is 15.2. The Bertz CT molecular complexity index is 1470. The van der Waals surface area contributed by atoms with Gasteiger partial charge in [0.1, 0.15) is 17.4 Å². The number of hydrogen-bond acceptors (Lipinski definition) is 4. The van der Waals surface area contributed by atoms with Gasteiger partial charge in [-0.1, -0.05) is 41.9 Å². The number of benzene rings is 3. The highest BCUT2D eigenvalue weighted by molar-refractivity contribution is 6.30. The Kier molecular flexibility index (Phi) is 7.12.